The summed E-state index contributed by atoms with van der Waals surface area (Å²) in [6, 6.07) is 0. The molecule has 0 heterocycles. The monoisotopic (exact) mass is 310 g/mol. The molecule has 78 valence electrons. The third-order valence-corrected chi connectivity index (χ3v) is 0.843. The van der Waals surface area contributed by atoms with Crippen molar-refractivity contribution in [2.45, 2.75) is 0 Å². The average molecular weight is 312 g/mol. The van der Waals surface area contributed by atoms with Gasteiger partial charge in [-0.15, -0.1) is 34.0 Å². The van der Waals surface area contributed by atoms with Crippen LogP contribution in [0.4, 0.5) is 0 Å². The van der Waals surface area contributed by atoms with Crippen LogP contribution in [0.15, 0.2) is 0 Å². The first kappa shape index (κ1) is 18.6. The van der Waals surface area contributed by atoms with Crippen molar-refractivity contribution in [1.29, 1.82) is 0 Å². The maximum atomic E-state index is 8.26. The smallest absolute Gasteiger partial charge is 0.0701 e. The highest BCUT2D eigenvalue weighted by Gasteiger charge is 1.86. The Bertz CT molecular complexity index is 57.5. The Morgan fingerprint density at radius 3 is 1.25 bits per heavy atom. The van der Waals surface area contributed by atoms with Crippen molar-refractivity contribution in [2.75, 3.05) is 39.6 Å². The minimum Gasteiger partial charge on any atom is -0.394 e. The Balaban J connectivity index is -0.000000405. The predicted octanol–water partition coefficient (Wildman–Crippen LogP) is 0.160. The van der Waals surface area contributed by atoms with Crippen molar-refractivity contribution in [3.05, 3.63) is 0 Å². The molecule has 0 bridgehead atoms. The van der Waals surface area contributed by atoms with Crippen molar-refractivity contribution < 1.29 is 19.7 Å². The van der Waals surface area contributed by atoms with Crippen molar-refractivity contribution in [3.63, 3.8) is 0 Å². The van der Waals surface area contributed by atoms with Gasteiger partial charge in [0.2, 0.25) is 0 Å². The number of halogens is 2. The summed E-state index contributed by atoms with van der Waals surface area (Å²) in [4.78, 5) is 0. The van der Waals surface area contributed by atoms with Gasteiger partial charge in [-0.2, -0.15) is 0 Å². The molecule has 6 heteroatoms. The lowest BCUT2D eigenvalue weighted by atomic mass is 10.7. The van der Waals surface area contributed by atoms with Crippen LogP contribution in [0.1, 0.15) is 0 Å². The van der Waals surface area contributed by atoms with E-state index in [9.17, 15) is 0 Å². The van der Waals surface area contributed by atoms with Gasteiger partial charge in [0, 0.05) is 0 Å². The van der Waals surface area contributed by atoms with Crippen LogP contribution < -0.4 is 0 Å². The Kier molecular flexibility index (Phi) is 27.5. The lowest BCUT2D eigenvalue weighted by Gasteiger charge is -2.01. The third-order valence-electron chi connectivity index (χ3n) is 0.843. The molecule has 0 aliphatic carbocycles. The summed E-state index contributed by atoms with van der Waals surface area (Å²) in [5.74, 6) is 0. The first-order valence-electron chi connectivity index (χ1n) is 3.29. The van der Waals surface area contributed by atoms with Crippen molar-refractivity contribution in [1.82, 2.24) is 0 Å². The van der Waals surface area contributed by atoms with Gasteiger partial charge in [0.15, 0.2) is 0 Å². The Morgan fingerprint density at radius 2 is 1.00 bits per heavy atom. The molecular formula is C6H16Br2O4. The van der Waals surface area contributed by atoms with Crippen LogP contribution in [0.3, 0.4) is 0 Å². The van der Waals surface area contributed by atoms with E-state index in [0.717, 1.165) is 0 Å². The molecule has 0 aromatic rings. The normalized spacial score (nSPS) is 8.50. The molecule has 0 aromatic heterocycles. The molecule has 0 fully saturated rings. The van der Waals surface area contributed by atoms with Gasteiger partial charge in [0.05, 0.1) is 39.6 Å². The molecule has 0 atom stereocenters. The second kappa shape index (κ2) is 17.8. The Morgan fingerprint density at radius 1 is 0.667 bits per heavy atom. The van der Waals surface area contributed by atoms with Crippen molar-refractivity contribution >= 4 is 34.0 Å². The van der Waals surface area contributed by atoms with Crippen LogP contribution in [0.5, 0.6) is 0 Å². The van der Waals surface area contributed by atoms with Crippen LogP contribution in [0.2, 0.25) is 0 Å². The second-order valence-electron chi connectivity index (χ2n) is 1.67. The Hall–Kier alpha value is 0.800. The number of aliphatic hydroxyl groups is 2. The fraction of sp³-hybridized carbons (Fsp3) is 1.00. The van der Waals surface area contributed by atoms with E-state index in [1.54, 1.807) is 0 Å². The third kappa shape index (κ3) is 17.0. The Labute approximate surface area is 93.4 Å². The van der Waals surface area contributed by atoms with E-state index in [0.29, 0.717) is 26.4 Å². The zero-order chi connectivity index (χ0) is 7.66. The van der Waals surface area contributed by atoms with Gasteiger partial charge in [-0.05, 0) is 0 Å². The van der Waals surface area contributed by atoms with E-state index in [1.165, 1.54) is 0 Å². The van der Waals surface area contributed by atoms with Crippen LogP contribution in [0.25, 0.3) is 0 Å². The van der Waals surface area contributed by atoms with E-state index < -0.39 is 0 Å². The molecule has 0 unspecified atom stereocenters. The molecule has 0 saturated heterocycles. The van der Waals surface area contributed by atoms with Gasteiger partial charge in [-0.1, -0.05) is 0 Å². The topological polar surface area (TPSA) is 58.9 Å². The summed E-state index contributed by atoms with van der Waals surface area (Å²) in [5.41, 5.74) is 0. The molecule has 12 heavy (non-hydrogen) atoms. The largest absolute Gasteiger partial charge is 0.394 e. The van der Waals surface area contributed by atoms with Crippen LogP contribution in [-0.2, 0) is 9.47 Å². The number of hydrogen-bond acceptors (Lipinski definition) is 4. The molecule has 0 aromatic carbocycles. The van der Waals surface area contributed by atoms with Crippen LogP contribution in [0, 0.1) is 0 Å². The number of hydrogen-bond donors (Lipinski definition) is 2. The van der Waals surface area contributed by atoms with Gasteiger partial charge >= 0.3 is 0 Å². The quantitative estimate of drug-likeness (QED) is 0.658. The van der Waals surface area contributed by atoms with Gasteiger partial charge < -0.3 is 19.7 Å². The predicted molar refractivity (Wildman–Crippen MR) is 56.5 cm³/mol. The molecule has 0 radical (unpaired) electrons. The number of rotatable bonds is 7. The molecular weight excluding hydrogens is 296 g/mol. The van der Waals surface area contributed by atoms with E-state index in [1.807, 2.05) is 0 Å². The summed E-state index contributed by atoms with van der Waals surface area (Å²) in [5, 5.41) is 16.5. The van der Waals surface area contributed by atoms with Gasteiger partial charge in [-0.3, -0.25) is 0 Å². The minimum atomic E-state index is 0. The average Bonchev–Trinajstić information content (AvgIpc) is 1.97. The lowest BCUT2D eigenvalue weighted by Crippen LogP contribution is -2.09. The van der Waals surface area contributed by atoms with E-state index in [2.05, 4.69) is 0 Å². The highest BCUT2D eigenvalue weighted by Crippen LogP contribution is 1.76. The molecule has 0 spiro atoms. The summed E-state index contributed by atoms with van der Waals surface area (Å²) in [6.07, 6.45) is 0. The summed E-state index contributed by atoms with van der Waals surface area (Å²) >= 11 is 0. The summed E-state index contributed by atoms with van der Waals surface area (Å²) < 4.78 is 9.75. The molecule has 2 N–H and O–H groups in total. The van der Waals surface area contributed by atoms with E-state index in [-0.39, 0.29) is 47.2 Å². The van der Waals surface area contributed by atoms with Gasteiger partial charge in [0.25, 0.3) is 0 Å². The highest BCUT2D eigenvalue weighted by molar-refractivity contribution is 8.93. The zero-order valence-corrected chi connectivity index (χ0v) is 10.2. The maximum Gasteiger partial charge on any atom is 0.0701 e. The second-order valence-corrected chi connectivity index (χ2v) is 1.67. The summed E-state index contributed by atoms with van der Waals surface area (Å²) in [6.45, 7) is 1.73. The lowest BCUT2D eigenvalue weighted by molar-refractivity contribution is 0.0222. The fourth-order valence-corrected chi connectivity index (χ4v) is 0.451. The van der Waals surface area contributed by atoms with E-state index >= 15 is 0 Å². The first-order valence-corrected chi connectivity index (χ1v) is 3.29. The summed E-state index contributed by atoms with van der Waals surface area (Å²) in [7, 11) is 0. The fourth-order valence-electron chi connectivity index (χ4n) is 0.451. The SMILES string of the molecule is Br.Br.OCCOCCOCCO. The molecule has 0 amide bonds. The van der Waals surface area contributed by atoms with Crippen molar-refractivity contribution in [2.24, 2.45) is 0 Å². The van der Waals surface area contributed by atoms with Gasteiger partial charge in [0.1, 0.15) is 0 Å². The van der Waals surface area contributed by atoms with Crippen molar-refractivity contribution in [3.8, 4) is 0 Å². The zero-order valence-electron chi connectivity index (χ0n) is 6.77. The maximum absolute atomic E-state index is 8.26. The number of aliphatic hydroxyl groups excluding tert-OH is 2. The van der Waals surface area contributed by atoms with E-state index in [4.69, 9.17) is 19.7 Å². The first-order chi connectivity index (χ1) is 4.91. The molecule has 0 aliphatic rings. The minimum absolute atomic E-state index is 0. The van der Waals surface area contributed by atoms with Crippen LogP contribution >= 0.6 is 34.0 Å². The molecule has 0 saturated carbocycles. The molecule has 0 rings (SSSR count). The number of ether oxygens (including phenoxy) is 2. The highest BCUT2D eigenvalue weighted by atomic mass is 79.9. The standard InChI is InChI=1S/C6H14O4.2BrH/c7-1-3-9-5-6-10-4-2-8;;/h7-8H,1-6H2;2*1H. The van der Waals surface area contributed by atoms with Crippen LogP contribution in [-0.4, -0.2) is 49.9 Å². The molecule has 0 aliphatic heterocycles. The molecule has 4 nitrogen and oxygen atoms in total. The van der Waals surface area contributed by atoms with Gasteiger partial charge in [-0.25, -0.2) is 0 Å².